The SMILES string of the molecule is CCN(C(=O)c1csc(N(C(C)=O)C(=O)c2ccccc2N)c1)c1ccccc1. The minimum Gasteiger partial charge on any atom is -0.398 e. The summed E-state index contributed by atoms with van der Waals surface area (Å²) < 4.78 is 0. The fourth-order valence-electron chi connectivity index (χ4n) is 2.97. The Labute approximate surface area is 173 Å². The molecule has 0 aliphatic heterocycles. The van der Waals surface area contributed by atoms with E-state index in [1.807, 2.05) is 37.3 Å². The third-order valence-corrected chi connectivity index (χ3v) is 5.31. The topological polar surface area (TPSA) is 83.7 Å². The monoisotopic (exact) mass is 407 g/mol. The predicted octanol–water partition coefficient (Wildman–Crippen LogP) is 4.19. The van der Waals surface area contributed by atoms with Crippen LogP contribution in [0.3, 0.4) is 0 Å². The molecule has 0 spiro atoms. The minimum atomic E-state index is -0.521. The van der Waals surface area contributed by atoms with Gasteiger partial charge in [-0.15, -0.1) is 11.3 Å². The number of nitrogens with zero attached hydrogens (tertiary/aromatic N) is 2. The normalized spacial score (nSPS) is 10.4. The predicted molar refractivity (Wildman–Crippen MR) is 116 cm³/mol. The van der Waals surface area contributed by atoms with E-state index in [9.17, 15) is 14.4 Å². The molecular formula is C22H21N3O3S. The van der Waals surface area contributed by atoms with Crippen LogP contribution in [-0.4, -0.2) is 24.3 Å². The summed E-state index contributed by atoms with van der Waals surface area (Å²) in [5, 5.41) is 2.03. The van der Waals surface area contributed by atoms with Crippen LogP contribution in [0.25, 0.3) is 0 Å². The molecule has 3 amide bonds. The van der Waals surface area contributed by atoms with Crippen LogP contribution >= 0.6 is 11.3 Å². The number of hydrogen-bond donors (Lipinski definition) is 1. The first kappa shape index (κ1) is 20.3. The summed E-state index contributed by atoms with van der Waals surface area (Å²) in [4.78, 5) is 40.9. The summed E-state index contributed by atoms with van der Waals surface area (Å²) in [6.45, 7) is 3.69. The Morgan fingerprint density at radius 2 is 1.62 bits per heavy atom. The number of nitrogen functional groups attached to an aromatic ring is 1. The Kier molecular flexibility index (Phi) is 6.09. The highest BCUT2D eigenvalue weighted by atomic mass is 32.1. The molecule has 1 aromatic heterocycles. The molecular weight excluding hydrogens is 386 g/mol. The van der Waals surface area contributed by atoms with E-state index in [2.05, 4.69) is 0 Å². The van der Waals surface area contributed by atoms with Crippen molar-refractivity contribution in [1.82, 2.24) is 0 Å². The quantitative estimate of drug-likeness (QED) is 0.643. The Morgan fingerprint density at radius 1 is 0.966 bits per heavy atom. The highest BCUT2D eigenvalue weighted by molar-refractivity contribution is 7.15. The van der Waals surface area contributed by atoms with Gasteiger partial charge in [-0.05, 0) is 37.3 Å². The van der Waals surface area contributed by atoms with Gasteiger partial charge in [-0.25, -0.2) is 4.90 Å². The number of para-hydroxylation sites is 2. The molecule has 0 unspecified atom stereocenters. The number of benzene rings is 2. The summed E-state index contributed by atoms with van der Waals surface area (Å²) in [7, 11) is 0. The molecule has 3 aromatic rings. The Bertz CT molecular complexity index is 1050. The van der Waals surface area contributed by atoms with Crippen LogP contribution in [0.4, 0.5) is 16.4 Å². The molecule has 0 saturated carbocycles. The average molecular weight is 407 g/mol. The lowest BCUT2D eigenvalue weighted by atomic mass is 10.1. The Balaban J connectivity index is 1.92. The van der Waals surface area contributed by atoms with Gasteiger partial charge in [0.15, 0.2) is 0 Å². The third-order valence-electron chi connectivity index (χ3n) is 4.39. The van der Waals surface area contributed by atoms with Crippen molar-refractivity contribution < 1.29 is 14.4 Å². The van der Waals surface area contributed by atoms with Crippen molar-refractivity contribution >= 4 is 45.4 Å². The van der Waals surface area contributed by atoms with Crippen LogP contribution in [0.1, 0.15) is 34.6 Å². The van der Waals surface area contributed by atoms with Crippen LogP contribution in [0.5, 0.6) is 0 Å². The zero-order valence-electron chi connectivity index (χ0n) is 16.2. The molecule has 6 nitrogen and oxygen atoms in total. The second-order valence-corrected chi connectivity index (χ2v) is 7.20. The van der Waals surface area contributed by atoms with Crippen LogP contribution in [0.2, 0.25) is 0 Å². The number of hydrogen-bond acceptors (Lipinski definition) is 5. The van der Waals surface area contributed by atoms with Crippen molar-refractivity contribution in [2.24, 2.45) is 0 Å². The maximum absolute atomic E-state index is 13.0. The maximum atomic E-state index is 13.0. The number of anilines is 3. The lowest BCUT2D eigenvalue weighted by molar-refractivity contribution is -0.115. The van der Waals surface area contributed by atoms with E-state index in [0.29, 0.717) is 17.1 Å². The molecule has 2 aromatic carbocycles. The van der Waals surface area contributed by atoms with Crippen molar-refractivity contribution in [3.63, 3.8) is 0 Å². The van der Waals surface area contributed by atoms with E-state index in [1.165, 1.54) is 6.92 Å². The number of carbonyl (C=O) groups excluding carboxylic acids is 3. The molecule has 0 atom stereocenters. The summed E-state index contributed by atoms with van der Waals surface area (Å²) in [5.74, 6) is -1.17. The van der Waals surface area contributed by atoms with E-state index < -0.39 is 11.8 Å². The molecule has 1 heterocycles. The van der Waals surface area contributed by atoms with Crippen molar-refractivity contribution in [3.05, 3.63) is 77.2 Å². The molecule has 148 valence electrons. The fourth-order valence-corrected chi connectivity index (χ4v) is 3.90. The fraction of sp³-hybridized carbons (Fsp3) is 0.136. The Morgan fingerprint density at radius 3 is 2.24 bits per heavy atom. The molecule has 0 aliphatic carbocycles. The molecule has 0 fully saturated rings. The lowest BCUT2D eigenvalue weighted by Gasteiger charge is -2.20. The minimum absolute atomic E-state index is 0.198. The highest BCUT2D eigenvalue weighted by Gasteiger charge is 2.26. The van der Waals surface area contributed by atoms with Crippen LogP contribution in [0, 0.1) is 0 Å². The third kappa shape index (κ3) is 4.20. The van der Waals surface area contributed by atoms with Gasteiger partial charge in [0.2, 0.25) is 5.91 Å². The summed E-state index contributed by atoms with van der Waals surface area (Å²) >= 11 is 1.16. The highest BCUT2D eigenvalue weighted by Crippen LogP contribution is 2.29. The summed E-state index contributed by atoms with van der Waals surface area (Å²) in [5.41, 5.74) is 7.62. The van der Waals surface area contributed by atoms with Gasteiger partial charge in [0, 0.05) is 30.2 Å². The van der Waals surface area contributed by atoms with E-state index in [1.54, 1.807) is 40.6 Å². The van der Waals surface area contributed by atoms with Crippen molar-refractivity contribution in [3.8, 4) is 0 Å². The summed E-state index contributed by atoms with van der Waals surface area (Å²) in [6, 6.07) is 17.5. The second-order valence-electron chi connectivity index (χ2n) is 6.31. The zero-order chi connectivity index (χ0) is 21.0. The van der Waals surface area contributed by atoms with E-state index >= 15 is 0 Å². The average Bonchev–Trinajstić information content (AvgIpc) is 3.19. The number of thiophene rings is 1. The lowest BCUT2D eigenvalue weighted by Crippen LogP contribution is -2.35. The number of rotatable bonds is 5. The molecule has 7 heteroatoms. The number of nitrogens with two attached hydrogens (primary N) is 1. The zero-order valence-corrected chi connectivity index (χ0v) is 17.0. The van der Waals surface area contributed by atoms with Gasteiger partial charge in [-0.2, -0.15) is 0 Å². The Hall–Kier alpha value is -3.45. The molecule has 0 radical (unpaired) electrons. The van der Waals surface area contributed by atoms with Crippen molar-refractivity contribution in [2.75, 3.05) is 22.1 Å². The number of carbonyl (C=O) groups is 3. The first-order chi connectivity index (χ1) is 13.9. The van der Waals surface area contributed by atoms with Crippen LogP contribution < -0.4 is 15.5 Å². The molecule has 2 N–H and O–H groups in total. The number of imide groups is 1. The maximum Gasteiger partial charge on any atom is 0.267 e. The van der Waals surface area contributed by atoms with Crippen molar-refractivity contribution in [1.29, 1.82) is 0 Å². The van der Waals surface area contributed by atoms with Gasteiger partial charge in [0.25, 0.3) is 11.8 Å². The largest absolute Gasteiger partial charge is 0.398 e. The molecule has 3 rings (SSSR count). The first-order valence-electron chi connectivity index (χ1n) is 9.09. The molecule has 0 saturated heterocycles. The smallest absolute Gasteiger partial charge is 0.267 e. The second kappa shape index (κ2) is 8.70. The standard InChI is InChI=1S/C22H21N3O3S/c1-3-24(17-9-5-4-6-10-17)21(27)16-13-20(29-14-16)25(15(2)26)22(28)18-11-7-8-12-19(18)23/h4-14H,3,23H2,1-2H3. The van der Waals surface area contributed by atoms with Gasteiger partial charge in [-0.1, -0.05) is 30.3 Å². The number of amides is 3. The van der Waals surface area contributed by atoms with Crippen LogP contribution in [-0.2, 0) is 4.79 Å². The summed E-state index contributed by atoms with van der Waals surface area (Å²) in [6.07, 6.45) is 0. The van der Waals surface area contributed by atoms with E-state index in [-0.39, 0.29) is 17.2 Å². The van der Waals surface area contributed by atoms with Gasteiger partial charge < -0.3 is 10.6 Å². The molecule has 29 heavy (non-hydrogen) atoms. The van der Waals surface area contributed by atoms with E-state index in [0.717, 1.165) is 21.9 Å². The van der Waals surface area contributed by atoms with Crippen molar-refractivity contribution in [2.45, 2.75) is 13.8 Å². The first-order valence-corrected chi connectivity index (χ1v) is 9.97. The van der Waals surface area contributed by atoms with Crippen LogP contribution in [0.15, 0.2) is 66.0 Å². The van der Waals surface area contributed by atoms with E-state index in [4.69, 9.17) is 5.73 Å². The molecule has 0 bridgehead atoms. The van der Waals surface area contributed by atoms with Gasteiger partial charge >= 0.3 is 0 Å². The molecule has 0 aliphatic rings. The van der Waals surface area contributed by atoms with Gasteiger partial charge in [0.1, 0.15) is 5.00 Å². The van der Waals surface area contributed by atoms with Gasteiger partial charge in [-0.3, -0.25) is 14.4 Å². The van der Waals surface area contributed by atoms with Gasteiger partial charge in [0.05, 0.1) is 11.1 Å².